The van der Waals surface area contributed by atoms with Crippen molar-refractivity contribution in [2.75, 3.05) is 18.0 Å². The van der Waals surface area contributed by atoms with Crippen molar-refractivity contribution in [2.45, 2.75) is 20.3 Å². The highest BCUT2D eigenvalue weighted by molar-refractivity contribution is 5.88. The molecule has 1 N–H and O–H groups in total. The van der Waals surface area contributed by atoms with Gasteiger partial charge in [0.1, 0.15) is 0 Å². The largest absolute Gasteiger partial charge is 0.478 e. The molecule has 3 nitrogen and oxygen atoms in total. The van der Waals surface area contributed by atoms with Crippen LogP contribution >= 0.6 is 0 Å². The minimum atomic E-state index is -0.867. The van der Waals surface area contributed by atoms with E-state index in [4.69, 9.17) is 5.11 Å². The molecule has 1 aromatic carbocycles. The Balaban J connectivity index is 2.25. The fourth-order valence-electron chi connectivity index (χ4n) is 2.13. The van der Waals surface area contributed by atoms with Crippen LogP contribution in [0.15, 0.2) is 29.8 Å². The van der Waals surface area contributed by atoms with Gasteiger partial charge in [0.15, 0.2) is 0 Å². The number of hydrogen-bond acceptors (Lipinski definition) is 2. The van der Waals surface area contributed by atoms with E-state index in [0.29, 0.717) is 5.56 Å². The van der Waals surface area contributed by atoms with E-state index < -0.39 is 5.97 Å². The van der Waals surface area contributed by atoms with Crippen molar-refractivity contribution in [1.29, 1.82) is 0 Å². The second-order valence-electron chi connectivity index (χ2n) is 4.55. The van der Waals surface area contributed by atoms with Gasteiger partial charge in [0.25, 0.3) is 0 Å². The first-order valence-electron chi connectivity index (χ1n) is 5.82. The van der Waals surface area contributed by atoms with Crippen LogP contribution in [-0.4, -0.2) is 24.2 Å². The predicted octanol–water partition coefficient (Wildman–Crippen LogP) is 2.85. The van der Waals surface area contributed by atoms with Gasteiger partial charge in [-0.1, -0.05) is 11.6 Å². The summed E-state index contributed by atoms with van der Waals surface area (Å²) in [6.07, 6.45) is 3.31. The van der Waals surface area contributed by atoms with Crippen molar-refractivity contribution < 1.29 is 9.90 Å². The molecule has 0 amide bonds. The molecule has 0 spiro atoms. The monoisotopic (exact) mass is 231 g/mol. The highest BCUT2D eigenvalue weighted by Crippen LogP contribution is 2.24. The van der Waals surface area contributed by atoms with Crippen molar-refractivity contribution in [3.63, 3.8) is 0 Å². The Morgan fingerprint density at radius 2 is 2.12 bits per heavy atom. The van der Waals surface area contributed by atoms with Crippen LogP contribution in [0.25, 0.3) is 0 Å². The molecule has 0 radical (unpaired) electrons. The summed E-state index contributed by atoms with van der Waals surface area (Å²) in [6.45, 7) is 6.04. The molecule has 0 saturated carbocycles. The number of carboxylic acids is 1. The lowest BCUT2D eigenvalue weighted by Crippen LogP contribution is -2.28. The zero-order chi connectivity index (χ0) is 12.4. The minimum Gasteiger partial charge on any atom is -0.478 e. The van der Waals surface area contributed by atoms with Crippen LogP contribution in [0.2, 0.25) is 0 Å². The third-order valence-electron chi connectivity index (χ3n) is 3.22. The SMILES string of the molecule is CC1=CCN(c2ccc(C(=O)O)cc2C)CC1. The molecule has 0 bridgehead atoms. The third-order valence-corrected chi connectivity index (χ3v) is 3.22. The Kier molecular flexibility index (Phi) is 3.18. The molecule has 17 heavy (non-hydrogen) atoms. The lowest BCUT2D eigenvalue weighted by molar-refractivity contribution is 0.0697. The fourth-order valence-corrected chi connectivity index (χ4v) is 2.13. The van der Waals surface area contributed by atoms with E-state index in [-0.39, 0.29) is 0 Å². The number of anilines is 1. The molecule has 0 aromatic heterocycles. The Labute approximate surface area is 101 Å². The van der Waals surface area contributed by atoms with Gasteiger partial charge in [0.2, 0.25) is 0 Å². The van der Waals surface area contributed by atoms with Crippen LogP contribution in [0.1, 0.15) is 29.3 Å². The second kappa shape index (κ2) is 4.62. The van der Waals surface area contributed by atoms with Gasteiger partial charge in [-0.2, -0.15) is 0 Å². The summed E-state index contributed by atoms with van der Waals surface area (Å²) in [5.74, 6) is -0.867. The predicted molar refractivity (Wildman–Crippen MR) is 68.7 cm³/mol. The number of aryl methyl sites for hydroxylation is 1. The highest BCUT2D eigenvalue weighted by atomic mass is 16.4. The van der Waals surface area contributed by atoms with Crippen molar-refractivity contribution >= 4 is 11.7 Å². The molecule has 0 atom stereocenters. The van der Waals surface area contributed by atoms with Crippen molar-refractivity contribution in [3.05, 3.63) is 41.0 Å². The molecule has 1 aromatic rings. The van der Waals surface area contributed by atoms with E-state index >= 15 is 0 Å². The molecule has 2 rings (SSSR count). The lowest BCUT2D eigenvalue weighted by Gasteiger charge is -2.29. The van der Waals surface area contributed by atoms with Crippen LogP contribution in [-0.2, 0) is 0 Å². The molecule has 0 fully saturated rings. The maximum atomic E-state index is 10.9. The molecule has 1 aliphatic heterocycles. The van der Waals surface area contributed by atoms with Gasteiger partial charge >= 0.3 is 5.97 Å². The first-order chi connectivity index (χ1) is 8.08. The van der Waals surface area contributed by atoms with Crippen LogP contribution in [0, 0.1) is 6.92 Å². The Morgan fingerprint density at radius 1 is 1.35 bits per heavy atom. The first kappa shape index (κ1) is 11.7. The lowest BCUT2D eigenvalue weighted by atomic mass is 10.1. The number of nitrogens with zero attached hydrogens (tertiary/aromatic N) is 1. The molecule has 90 valence electrons. The normalized spacial score (nSPS) is 15.6. The van der Waals surface area contributed by atoms with Crippen molar-refractivity contribution in [1.82, 2.24) is 0 Å². The van der Waals surface area contributed by atoms with E-state index in [0.717, 1.165) is 30.8 Å². The van der Waals surface area contributed by atoms with Gasteiger partial charge in [-0.3, -0.25) is 0 Å². The average Bonchev–Trinajstić information content (AvgIpc) is 2.30. The molecule has 1 heterocycles. The summed E-state index contributed by atoms with van der Waals surface area (Å²) in [4.78, 5) is 13.1. The second-order valence-corrected chi connectivity index (χ2v) is 4.55. The molecule has 0 aliphatic carbocycles. The van der Waals surface area contributed by atoms with Gasteiger partial charge in [0.05, 0.1) is 5.56 Å². The highest BCUT2D eigenvalue weighted by Gasteiger charge is 2.13. The van der Waals surface area contributed by atoms with E-state index in [1.807, 2.05) is 13.0 Å². The number of hydrogen-bond donors (Lipinski definition) is 1. The fraction of sp³-hybridized carbons (Fsp3) is 0.357. The van der Waals surface area contributed by atoms with E-state index in [2.05, 4.69) is 17.9 Å². The molecular weight excluding hydrogens is 214 g/mol. The maximum Gasteiger partial charge on any atom is 0.335 e. The number of aromatic carboxylic acids is 1. The zero-order valence-electron chi connectivity index (χ0n) is 10.2. The molecule has 0 unspecified atom stereocenters. The summed E-state index contributed by atoms with van der Waals surface area (Å²) in [7, 11) is 0. The maximum absolute atomic E-state index is 10.9. The number of carboxylic acid groups (broad SMARTS) is 1. The summed E-state index contributed by atoms with van der Waals surface area (Å²) >= 11 is 0. The summed E-state index contributed by atoms with van der Waals surface area (Å²) in [6, 6.07) is 5.33. The number of benzene rings is 1. The van der Waals surface area contributed by atoms with Crippen LogP contribution in [0.3, 0.4) is 0 Å². The summed E-state index contributed by atoms with van der Waals surface area (Å²) < 4.78 is 0. The van der Waals surface area contributed by atoms with Crippen molar-refractivity contribution in [3.8, 4) is 0 Å². The average molecular weight is 231 g/mol. The van der Waals surface area contributed by atoms with Gasteiger partial charge in [0, 0.05) is 18.8 Å². The van der Waals surface area contributed by atoms with Gasteiger partial charge < -0.3 is 10.0 Å². The van der Waals surface area contributed by atoms with Crippen LogP contribution in [0.5, 0.6) is 0 Å². The van der Waals surface area contributed by atoms with Crippen LogP contribution < -0.4 is 4.90 Å². The molecule has 1 aliphatic rings. The van der Waals surface area contributed by atoms with Crippen molar-refractivity contribution in [2.24, 2.45) is 0 Å². The first-order valence-corrected chi connectivity index (χ1v) is 5.82. The molecule has 3 heteroatoms. The summed E-state index contributed by atoms with van der Waals surface area (Å²) in [5, 5.41) is 8.92. The number of carbonyl (C=O) groups is 1. The zero-order valence-corrected chi connectivity index (χ0v) is 10.2. The minimum absolute atomic E-state index is 0.356. The van der Waals surface area contributed by atoms with Gasteiger partial charge in [-0.25, -0.2) is 4.79 Å². The Hall–Kier alpha value is -1.77. The quantitative estimate of drug-likeness (QED) is 0.796. The number of rotatable bonds is 2. The van der Waals surface area contributed by atoms with Crippen LogP contribution in [0.4, 0.5) is 5.69 Å². The van der Waals surface area contributed by atoms with E-state index in [1.54, 1.807) is 12.1 Å². The Bertz CT molecular complexity index is 477. The van der Waals surface area contributed by atoms with Gasteiger partial charge in [-0.15, -0.1) is 0 Å². The van der Waals surface area contributed by atoms with E-state index in [1.165, 1.54) is 5.57 Å². The Morgan fingerprint density at radius 3 is 2.65 bits per heavy atom. The summed E-state index contributed by atoms with van der Waals surface area (Å²) in [5.41, 5.74) is 3.95. The standard InChI is InChI=1S/C14H17NO2/c1-10-5-7-15(8-6-10)13-4-3-12(14(16)17)9-11(13)2/h3-5,9H,6-8H2,1-2H3,(H,16,17). The topological polar surface area (TPSA) is 40.5 Å². The third kappa shape index (κ3) is 2.49. The van der Waals surface area contributed by atoms with E-state index in [9.17, 15) is 4.79 Å². The molecular formula is C14H17NO2. The smallest absolute Gasteiger partial charge is 0.335 e. The molecule has 0 saturated heterocycles. The van der Waals surface area contributed by atoms with Gasteiger partial charge in [-0.05, 0) is 44.0 Å².